The summed E-state index contributed by atoms with van der Waals surface area (Å²) in [5.41, 5.74) is 6.67. The van der Waals surface area contributed by atoms with Crippen molar-refractivity contribution >= 4 is 43.6 Å². The number of aromatic nitrogens is 2. The predicted octanol–water partition coefficient (Wildman–Crippen LogP) is 12.9. The minimum Gasteiger partial charge on any atom is -0.495 e. The molecule has 0 saturated heterocycles. The Bertz CT molecular complexity index is 1900. The fourth-order valence-electron chi connectivity index (χ4n) is 7.92. The van der Waals surface area contributed by atoms with Crippen molar-refractivity contribution in [3.63, 3.8) is 0 Å². The van der Waals surface area contributed by atoms with Gasteiger partial charge in [0.15, 0.2) is 0 Å². The van der Waals surface area contributed by atoms with Crippen LogP contribution in [0.2, 0.25) is 0 Å². The molecule has 50 heavy (non-hydrogen) atoms. The molecular formula is C46H58N2O2. The molecule has 2 atom stereocenters. The molecule has 2 aromatic heterocycles. The third-order valence-corrected chi connectivity index (χ3v) is 10.9. The number of para-hydroxylation sites is 2. The predicted molar refractivity (Wildman–Crippen MR) is 214 cm³/mol. The van der Waals surface area contributed by atoms with Gasteiger partial charge >= 0.3 is 0 Å². The maximum absolute atomic E-state index is 6.13. The molecular weight excluding hydrogens is 613 g/mol. The third kappa shape index (κ3) is 7.55. The van der Waals surface area contributed by atoms with Crippen LogP contribution in [0.15, 0.2) is 60.7 Å². The van der Waals surface area contributed by atoms with E-state index in [9.17, 15) is 0 Å². The van der Waals surface area contributed by atoms with Gasteiger partial charge in [-0.1, -0.05) is 116 Å². The van der Waals surface area contributed by atoms with Crippen molar-refractivity contribution in [3.8, 4) is 22.6 Å². The first kappa shape index (κ1) is 35.9. The number of aryl methyl sites for hydroxylation is 2. The van der Waals surface area contributed by atoms with E-state index in [1.165, 1.54) is 71.1 Å². The van der Waals surface area contributed by atoms with Crippen LogP contribution in [0.3, 0.4) is 0 Å². The molecule has 4 aromatic carbocycles. The SMILES string of the molecule is COc1[c]c2c(cc1-c1cc3c4ccccc4n(CCC(C)CCCC(C)C)c3[c]c1OC)c1ccccc1n2CCC(C)CCCC(C)C. The van der Waals surface area contributed by atoms with Gasteiger partial charge in [-0.05, 0) is 60.8 Å². The van der Waals surface area contributed by atoms with Crippen LogP contribution in [0.1, 0.15) is 92.9 Å². The molecule has 0 N–H and O–H groups in total. The normalized spacial score (nSPS) is 13.4. The summed E-state index contributed by atoms with van der Waals surface area (Å²) in [6, 6.07) is 29.7. The van der Waals surface area contributed by atoms with Gasteiger partial charge in [0, 0.05) is 56.8 Å². The van der Waals surface area contributed by atoms with E-state index in [4.69, 9.17) is 9.47 Å². The van der Waals surface area contributed by atoms with Crippen molar-refractivity contribution in [1.29, 1.82) is 0 Å². The molecule has 0 aliphatic heterocycles. The van der Waals surface area contributed by atoms with Gasteiger partial charge in [0.25, 0.3) is 0 Å². The molecule has 0 fully saturated rings. The second kappa shape index (κ2) is 16.0. The number of ether oxygens (including phenoxy) is 2. The molecule has 2 radical (unpaired) electrons. The van der Waals surface area contributed by atoms with Crippen LogP contribution in [0.4, 0.5) is 0 Å². The summed E-state index contributed by atoms with van der Waals surface area (Å²) in [6.07, 6.45) is 10.0. The van der Waals surface area contributed by atoms with Crippen molar-refractivity contribution < 1.29 is 9.47 Å². The summed E-state index contributed by atoms with van der Waals surface area (Å²) >= 11 is 0. The molecule has 0 saturated carbocycles. The second-order valence-corrected chi connectivity index (χ2v) is 15.7. The quantitative estimate of drug-likeness (QED) is 0.0966. The zero-order chi connectivity index (χ0) is 35.4. The topological polar surface area (TPSA) is 28.3 Å². The molecule has 4 heteroatoms. The van der Waals surface area contributed by atoms with Crippen LogP contribution >= 0.6 is 0 Å². The summed E-state index contributed by atoms with van der Waals surface area (Å²) in [7, 11) is 3.52. The number of nitrogens with zero attached hydrogens (tertiary/aromatic N) is 2. The average Bonchev–Trinajstić information content (AvgIpc) is 3.59. The largest absolute Gasteiger partial charge is 0.495 e. The highest BCUT2D eigenvalue weighted by molar-refractivity contribution is 6.12. The van der Waals surface area contributed by atoms with Crippen molar-refractivity contribution in [2.75, 3.05) is 14.2 Å². The molecule has 6 rings (SSSR count). The second-order valence-electron chi connectivity index (χ2n) is 15.7. The number of methoxy groups -OCH3 is 2. The Balaban J connectivity index is 1.40. The Morgan fingerprint density at radius 2 is 0.920 bits per heavy atom. The van der Waals surface area contributed by atoms with E-state index in [2.05, 4.69) is 123 Å². The molecule has 0 aliphatic carbocycles. The van der Waals surface area contributed by atoms with Gasteiger partial charge in [-0.25, -0.2) is 0 Å². The maximum atomic E-state index is 6.13. The van der Waals surface area contributed by atoms with E-state index < -0.39 is 0 Å². The Kier molecular flexibility index (Phi) is 11.5. The Morgan fingerprint density at radius 3 is 1.30 bits per heavy atom. The number of fused-ring (bicyclic) bond motifs is 6. The monoisotopic (exact) mass is 670 g/mol. The van der Waals surface area contributed by atoms with Gasteiger partial charge in [0.1, 0.15) is 11.5 Å². The first-order valence-electron chi connectivity index (χ1n) is 19.2. The molecule has 4 nitrogen and oxygen atoms in total. The van der Waals surface area contributed by atoms with Crippen LogP contribution < -0.4 is 9.47 Å². The number of hydrogen-bond acceptors (Lipinski definition) is 2. The lowest BCUT2D eigenvalue weighted by Gasteiger charge is -2.16. The van der Waals surface area contributed by atoms with Crippen LogP contribution in [-0.2, 0) is 13.1 Å². The molecule has 264 valence electrons. The molecule has 0 spiro atoms. The fraction of sp³-hybridized carbons (Fsp3) is 0.478. The van der Waals surface area contributed by atoms with Crippen LogP contribution in [0.5, 0.6) is 11.5 Å². The molecule has 0 bridgehead atoms. The summed E-state index contributed by atoms with van der Waals surface area (Å²) in [5.74, 6) is 4.35. The van der Waals surface area contributed by atoms with Crippen LogP contribution in [-0.4, -0.2) is 23.4 Å². The highest BCUT2D eigenvalue weighted by Crippen LogP contribution is 2.44. The third-order valence-electron chi connectivity index (χ3n) is 10.9. The lowest BCUT2D eigenvalue weighted by Crippen LogP contribution is -2.05. The van der Waals surface area contributed by atoms with Gasteiger partial charge in [-0.15, -0.1) is 0 Å². The van der Waals surface area contributed by atoms with Crippen molar-refractivity contribution in [1.82, 2.24) is 9.13 Å². The zero-order valence-corrected chi connectivity index (χ0v) is 31.9. The highest BCUT2D eigenvalue weighted by Gasteiger charge is 2.22. The molecule has 2 heterocycles. The number of hydrogen-bond donors (Lipinski definition) is 0. The molecule has 0 aliphatic rings. The average molecular weight is 671 g/mol. The van der Waals surface area contributed by atoms with Crippen molar-refractivity contribution in [2.45, 2.75) is 106 Å². The Hall–Kier alpha value is -3.92. The van der Waals surface area contributed by atoms with Crippen molar-refractivity contribution in [2.24, 2.45) is 23.7 Å². The van der Waals surface area contributed by atoms with E-state index in [1.54, 1.807) is 14.2 Å². The van der Waals surface area contributed by atoms with Gasteiger partial charge in [-0.2, -0.15) is 0 Å². The smallest absolute Gasteiger partial charge is 0.137 e. The van der Waals surface area contributed by atoms with E-state index in [0.29, 0.717) is 11.8 Å². The van der Waals surface area contributed by atoms with Crippen LogP contribution in [0.25, 0.3) is 54.7 Å². The van der Waals surface area contributed by atoms with Gasteiger partial charge in [-0.3, -0.25) is 0 Å². The molecule has 2 unspecified atom stereocenters. The summed E-state index contributed by atoms with van der Waals surface area (Å²) in [4.78, 5) is 0. The lowest BCUT2D eigenvalue weighted by atomic mass is 9.97. The zero-order valence-electron chi connectivity index (χ0n) is 31.9. The van der Waals surface area contributed by atoms with E-state index in [0.717, 1.165) is 71.4 Å². The van der Waals surface area contributed by atoms with Crippen LogP contribution in [0, 0.1) is 35.8 Å². The number of benzene rings is 4. The van der Waals surface area contributed by atoms with Gasteiger partial charge in [0.05, 0.1) is 37.4 Å². The van der Waals surface area contributed by atoms with Gasteiger partial charge in [0.2, 0.25) is 0 Å². The summed E-state index contributed by atoms with van der Waals surface area (Å²) in [5, 5.41) is 4.89. The molecule has 6 aromatic rings. The minimum absolute atomic E-state index is 0.674. The standard InChI is InChI=1S/C46H58N2O2/c1-31(2)15-13-17-33(5)23-25-47-41-21-11-9-19-35(41)37-27-39(45(49-7)29-43(37)47)40-28-38-36-20-10-12-22-42(36)48(44(38)30-46(40)50-8)26-24-34(6)18-14-16-32(3)4/h9-12,19-22,27-28,31-34H,13-18,23-26H2,1-8H3. The maximum Gasteiger partial charge on any atom is 0.137 e. The van der Waals surface area contributed by atoms with E-state index >= 15 is 0 Å². The lowest BCUT2D eigenvalue weighted by molar-refractivity contribution is 0.409. The van der Waals surface area contributed by atoms with E-state index in [-0.39, 0.29) is 0 Å². The summed E-state index contributed by atoms with van der Waals surface area (Å²) in [6.45, 7) is 16.0. The Labute approximate surface area is 300 Å². The minimum atomic E-state index is 0.674. The summed E-state index contributed by atoms with van der Waals surface area (Å²) < 4.78 is 17.2. The first-order valence-corrected chi connectivity index (χ1v) is 19.2. The fourth-order valence-corrected chi connectivity index (χ4v) is 7.92. The van der Waals surface area contributed by atoms with Gasteiger partial charge < -0.3 is 18.6 Å². The highest BCUT2D eigenvalue weighted by atomic mass is 16.5. The first-order chi connectivity index (χ1) is 24.2. The molecule has 0 amide bonds. The van der Waals surface area contributed by atoms with Crippen molar-refractivity contribution in [3.05, 3.63) is 72.8 Å². The Morgan fingerprint density at radius 1 is 0.520 bits per heavy atom. The number of rotatable bonds is 17. The van der Waals surface area contributed by atoms with E-state index in [1.807, 2.05) is 0 Å².